The molecule has 1 aromatic carbocycles. The van der Waals surface area contributed by atoms with E-state index in [4.69, 9.17) is 9.47 Å². The Kier molecular flexibility index (Phi) is 5.60. The lowest BCUT2D eigenvalue weighted by molar-refractivity contribution is -0.113. The summed E-state index contributed by atoms with van der Waals surface area (Å²) in [6.07, 6.45) is 1.68. The number of hydrogen-bond donors (Lipinski definition) is 1. The molecular weight excluding hydrogens is 368 g/mol. The van der Waals surface area contributed by atoms with Crippen molar-refractivity contribution >= 4 is 29.0 Å². The molecule has 8 nitrogen and oxygen atoms in total. The van der Waals surface area contributed by atoms with Gasteiger partial charge < -0.3 is 14.8 Å². The average Bonchev–Trinajstić information content (AvgIpc) is 2.67. The van der Waals surface area contributed by atoms with Crippen LogP contribution in [0.25, 0.3) is 5.65 Å². The van der Waals surface area contributed by atoms with Crippen LogP contribution in [-0.2, 0) is 4.79 Å². The van der Waals surface area contributed by atoms with Crippen molar-refractivity contribution in [3.05, 3.63) is 52.6 Å². The first-order valence-electron chi connectivity index (χ1n) is 8.02. The van der Waals surface area contributed by atoms with Gasteiger partial charge in [-0.1, -0.05) is 17.8 Å². The first-order chi connectivity index (χ1) is 13.0. The fourth-order valence-corrected chi connectivity index (χ4v) is 3.04. The van der Waals surface area contributed by atoms with Crippen molar-refractivity contribution in [2.45, 2.75) is 12.1 Å². The van der Waals surface area contributed by atoms with Gasteiger partial charge in [0.2, 0.25) is 5.91 Å². The fraction of sp³-hybridized carbons (Fsp3) is 0.222. The van der Waals surface area contributed by atoms with Gasteiger partial charge in [0.15, 0.2) is 16.7 Å². The van der Waals surface area contributed by atoms with Gasteiger partial charge in [-0.15, -0.1) is 0 Å². The molecule has 2 heterocycles. The second kappa shape index (κ2) is 8.09. The maximum atomic E-state index is 12.2. The van der Waals surface area contributed by atoms with Crippen LogP contribution in [0.4, 0.5) is 5.69 Å². The quantitative estimate of drug-likeness (QED) is 0.649. The molecule has 0 fully saturated rings. The lowest BCUT2D eigenvalue weighted by Crippen LogP contribution is -2.20. The van der Waals surface area contributed by atoms with Gasteiger partial charge in [-0.25, -0.2) is 9.78 Å². The molecule has 0 aliphatic carbocycles. The molecule has 0 saturated heterocycles. The van der Waals surface area contributed by atoms with Gasteiger partial charge in [0.1, 0.15) is 5.65 Å². The number of nitrogens with one attached hydrogen (secondary N) is 1. The van der Waals surface area contributed by atoms with Crippen LogP contribution in [0.3, 0.4) is 0 Å². The van der Waals surface area contributed by atoms with Gasteiger partial charge >= 0.3 is 5.69 Å². The molecule has 2 aromatic heterocycles. The van der Waals surface area contributed by atoms with Crippen LogP contribution in [0.2, 0.25) is 0 Å². The maximum Gasteiger partial charge on any atom is 0.355 e. The second-order valence-corrected chi connectivity index (χ2v) is 6.57. The number of thioether (sulfide) groups is 1. The van der Waals surface area contributed by atoms with E-state index in [1.807, 2.05) is 13.0 Å². The van der Waals surface area contributed by atoms with Crippen LogP contribution in [0.15, 0.2) is 46.5 Å². The summed E-state index contributed by atoms with van der Waals surface area (Å²) in [6, 6.07) is 8.69. The number of nitrogens with zero attached hydrogens (tertiary/aromatic N) is 3. The third kappa shape index (κ3) is 4.37. The van der Waals surface area contributed by atoms with E-state index in [-0.39, 0.29) is 16.8 Å². The first kappa shape index (κ1) is 18.7. The molecular formula is C18H18N4O4S. The molecule has 1 amide bonds. The van der Waals surface area contributed by atoms with Crippen LogP contribution in [0, 0.1) is 6.92 Å². The van der Waals surface area contributed by atoms with E-state index in [0.717, 1.165) is 17.3 Å². The minimum atomic E-state index is -0.425. The number of aromatic nitrogens is 3. The van der Waals surface area contributed by atoms with Crippen LogP contribution in [0.5, 0.6) is 11.5 Å². The highest BCUT2D eigenvalue weighted by Crippen LogP contribution is 2.29. The summed E-state index contributed by atoms with van der Waals surface area (Å²) in [4.78, 5) is 32.5. The molecule has 0 unspecified atom stereocenters. The Morgan fingerprint density at radius 3 is 2.67 bits per heavy atom. The number of methoxy groups -OCH3 is 2. The van der Waals surface area contributed by atoms with E-state index in [1.54, 1.807) is 37.6 Å². The van der Waals surface area contributed by atoms with Gasteiger partial charge in [-0.05, 0) is 30.7 Å². The first-order valence-corrected chi connectivity index (χ1v) is 9.00. The van der Waals surface area contributed by atoms with Gasteiger partial charge in [0, 0.05) is 18.0 Å². The zero-order valence-corrected chi connectivity index (χ0v) is 15.9. The number of benzene rings is 1. The number of anilines is 1. The number of fused-ring (bicyclic) bond motifs is 1. The smallest absolute Gasteiger partial charge is 0.355 e. The molecule has 0 spiro atoms. The normalized spacial score (nSPS) is 10.6. The average molecular weight is 386 g/mol. The van der Waals surface area contributed by atoms with E-state index < -0.39 is 5.69 Å². The molecule has 0 aliphatic rings. The fourth-order valence-electron chi connectivity index (χ4n) is 2.41. The molecule has 3 aromatic rings. The Bertz CT molecular complexity index is 1050. The summed E-state index contributed by atoms with van der Waals surface area (Å²) in [7, 11) is 3.07. The van der Waals surface area contributed by atoms with Crippen LogP contribution < -0.4 is 20.5 Å². The Hall–Kier alpha value is -3.07. The molecule has 0 radical (unpaired) electrons. The van der Waals surface area contributed by atoms with E-state index in [0.29, 0.717) is 22.8 Å². The van der Waals surface area contributed by atoms with E-state index in [1.165, 1.54) is 11.5 Å². The molecule has 0 bridgehead atoms. The molecule has 9 heteroatoms. The predicted molar refractivity (Wildman–Crippen MR) is 103 cm³/mol. The summed E-state index contributed by atoms with van der Waals surface area (Å²) in [6.45, 7) is 1.88. The van der Waals surface area contributed by atoms with E-state index in [2.05, 4.69) is 15.3 Å². The lowest BCUT2D eigenvalue weighted by atomic mass is 10.2. The third-order valence-corrected chi connectivity index (χ3v) is 4.53. The van der Waals surface area contributed by atoms with Crippen molar-refractivity contribution in [1.82, 2.24) is 14.4 Å². The minimum absolute atomic E-state index is 0.0653. The molecule has 3 rings (SSSR count). The van der Waals surface area contributed by atoms with Crippen LogP contribution in [-0.4, -0.2) is 40.2 Å². The number of carbonyl (C=O) groups is 1. The predicted octanol–water partition coefficient (Wildman–Crippen LogP) is 2.15. The van der Waals surface area contributed by atoms with Gasteiger partial charge in [0.05, 0.1) is 20.0 Å². The van der Waals surface area contributed by atoms with E-state index >= 15 is 0 Å². The van der Waals surface area contributed by atoms with Gasteiger partial charge in [-0.2, -0.15) is 4.98 Å². The van der Waals surface area contributed by atoms with Crippen molar-refractivity contribution in [2.24, 2.45) is 0 Å². The summed E-state index contributed by atoms with van der Waals surface area (Å²) < 4.78 is 11.8. The monoisotopic (exact) mass is 386 g/mol. The summed E-state index contributed by atoms with van der Waals surface area (Å²) in [5, 5.41) is 3.02. The SMILES string of the molecule is COc1ccc(NC(=O)CSc2nc(=O)n3cc(C)ccc3n2)cc1OC. The number of carbonyl (C=O) groups excluding carboxylic acids is 1. The van der Waals surface area contributed by atoms with Crippen LogP contribution in [0.1, 0.15) is 5.56 Å². The Labute approximate surface area is 159 Å². The number of hydrogen-bond acceptors (Lipinski definition) is 7. The molecule has 0 atom stereocenters. The number of amides is 1. The topological polar surface area (TPSA) is 94.8 Å². The summed E-state index contributed by atoms with van der Waals surface area (Å²) in [5.41, 5.74) is 1.58. The number of ether oxygens (including phenoxy) is 2. The zero-order chi connectivity index (χ0) is 19.4. The van der Waals surface area contributed by atoms with Crippen molar-refractivity contribution in [3.63, 3.8) is 0 Å². The Morgan fingerprint density at radius 1 is 1.15 bits per heavy atom. The van der Waals surface area contributed by atoms with Gasteiger partial charge in [0.25, 0.3) is 0 Å². The number of aryl methyl sites for hydroxylation is 1. The maximum absolute atomic E-state index is 12.2. The Balaban J connectivity index is 1.68. The highest BCUT2D eigenvalue weighted by Gasteiger charge is 2.10. The molecule has 140 valence electrons. The highest BCUT2D eigenvalue weighted by atomic mass is 32.2. The lowest BCUT2D eigenvalue weighted by Gasteiger charge is -2.10. The van der Waals surface area contributed by atoms with Crippen molar-refractivity contribution in [3.8, 4) is 11.5 Å². The molecule has 0 saturated carbocycles. The number of rotatable bonds is 6. The van der Waals surface area contributed by atoms with Crippen molar-refractivity contribution in [1.29, 1.82) is 0 Å². The van der Waals surface area contributed by atoms with Gasteiger partial charge in [-0.3, -0.25) is 9.20 Å². The largest absolute Gasteiger partial charge is 0.493 e. The number of pyridine rings is 1. The second-order valence-electron chi connectivity index (χ2n) is 5.63. The molecule has 0 aliphatic heterocycles. The minimum Gasteiger partial charge on any atom is -0.493 e. The standard InChI is InChI=1S/C18H18N4O4S/c1-11-4-7-15-20-17(21-18(24)22(15)9-11)27-10-16(23)19-12-5-6-13(25-2)14(8-12)26-3/h4-9H,10H2,1-3H3,(H,19,23). The third-order valence-electron chi connectivity index (χ3n) is 3.68. The van der Waals surface area contributed by atoms with Crippen molar-refractivity contribution in [2.75, 3.05) is 25.3 Å². The highest BCUT2D eigenvalue weighted by molar-refractivity contribution is 7.99. The van der Waals surface area contributed by atoms with Crippen LogP contribution >= 0.6 is 11.8 Å². The molecule has 27 heavy (non-hydrogen) atoms. The summed E-state index contributed by atoms with van der Waals surface area (Å²) >= 11 is 1.10. The van der Waals surface area contributed by atoms with E-state index in [9.17, 15) is 9.59 Å². The van der Waals surface area contributed by atoms with Crippen molar-refractivity contribution < 1.29 is 14.3 Å². The molecule has 1 N–H and O–H groups in total. The Morgan fingerprint density at radius 2 is 1.93 bits per heavy atom. The summed E-state index contributed by atoms with van der Waals surface area (Å²) in [5.74, 6) is 0.907. The zero-order valence-electron chi connectivity index (χ0n) is 15.1.